The molecule has 2 aliphatic heterocycles. The van der Waals surface area contributed by atoms with E-state index >= 15 is 0 Å². The van der Waals surface area contributed by atoms with Crippen LogP contribution in [0.25, 0.3) is 0 Å². The molecule has 100 valence electrons. The monoisotopic (exact) mass is 250 g/mol. The maximum atomic E-state index is 4.78. The van der Waals surface area contributed by atoms with E-state index in [9.17, 15) is 0 Å². The molecular formula is C13H22N4O. The lowest BCUT2D eigenvalue weighted by atomic mass is 10.0. The average Bonchev–Trinajstić information content (AvgIpc) is 2.82. The summed E-state index contributed by atoms with van der Waals surface area (Å²) in [5.41, 5.74) is 0. The van der Waals surface area contributed by atoms with Gasteiger partial charge in [-0.1, -0.05) is 11.6 Å². The van der Waals surface area contributed by atoms with Crippen molar-refractivity contribution >= 4 is 0 Å². The fraction of sp³-hybridized carbons (Fsp3) is 0.846. The highest BCUT2D eigenvalue weighted by Gasteiger charge is 2.26. The lowest BCUT2D eigenvalue weighted by Crippen LogP contribution is -2.44. The highest BCUT2D eigenvalue weighted by atomic mass is 16.5. The van der Waals surface area contributed by atoms with Crippen molar-refractivity contribution in [2.24, 2.45) is 0 Å². The van der Waals surface area contributed by atoms with E-state index in [2.05, 4.69) is 19.9 Å². The van der Waals surface area contributed by atoms with Gasteiger partial charge in [-0.15, -0.1) is 0 Å². The van der Waals surface area contributed by atoms with Gasteiger partial charge in [0.1, 0.15) is 0 Å². The zero-order chi connectivity index (χ0) is 12.2. The van der Waals surface area contributed by atoms with Gasteiger partial charge in [0.05, 0.1) is 0 Å². The highest BCUT2D eigenvalue weighted by Crippen LogP contribution is 2.20. The summed E-state index contributed by atoms with van der Waals surface area (Å²) < 4.78 is 4.78. The van der Waals surface area contributed by atoms with Crippen LogP contribution >= 0.6 is 0 Å². The number of hydrogen-bond acceptors (Lipinski definition) is 5. The van der Waals surface area contributed by atoms with Crippen molar-refractivity contribution < 1.29 is 4.52 Å². The summed E-state index contributed by atoms with van der Waals surface area (Å²) in [7, 11) is 0. The average molecular weight is 250 g/mol. The van der Waals surface area contributed by atoms with E-state index in [0.717, 1.165) is 24.8 Å². The van der Waals surface area contributed by atoms with E-state index in [0.29, 0.717) is 0 Å². The molecule has 0 aromatic carbocycles. The summed E-state index contributed by atoms with van der Waals surface area (Å²) in [5, 5.41) is 3.88. The Morgan fingerprint density at radius 2 is 2.17 bits per heavy atom. The Morgan fingerprint density at radius 1 is 1.22 bits per heavy atom. The number of fused-ring (bicyclic) bond motifs is 1. The van der Waals surface area contributed by atoms with Crippen molar-refractivity contribution in [3.05, 3.63) is 12.2 Å². The largest absolute Gasteiger partial charge is 0.343 e. The third-order valence-corrected chi connectivity index (χ3v) is 4.20. The van der Waals surface area contributed by atoms with E-state index in [1.165, 1.54) is 58.3 Å². The fourth-order valence-electron chi connectivity index (χ4n) is 3.21. The number of nitrogens with zero attached hydrogens (tertiary/aromatic N) is 4. The predicted octanol–water partition coefficient (Wildman–Crippen LogP) is 1.17. The maximum absolute atomic E-state index is 4.78. The summed E-state index contributed by atoms with van der Waals surface area (Å²) in [6.45, 7) is 6.08. The number of rotatable bonds is 3. The van der Waals surface area contributed by atoms with Crippen LogP contribution in [0.3, 0.4) is 0 Å². The number of piperidine rings is 1. The first kappa shape index (κ1) is 12.1. The topological polar surface area (TPSA) is 45.4 Å². The van der Waals surface area contributed by atoms with Crippen molar-refractivity contribution in [3.8, 4) is 0 Å². The summed E-state index contributed by atoms with van der Waals surface area (Å²) in [5.74, 6) is 0.833. The van der Waals surface area contributed by atoms with Crippen LogP contribution < -0.4 is 0 Å². The van der Waals surface area contributed by atoms with Crippen molar-refractivity contribution in [3.63, 3.8) is 0 Å². The Bertz CT molecular complexity index is 354. The molecule has 3 rings (SSSR count). The molecule has 5 heteroatoms. The van der Waals surface area contributed by atoms with Crippen molar-refractivity contribution in [2.45, 2.75) is 38.1 Å². The second kappa shape index (κ2) is 5.80. The summed E-state index contributed by atoms with van der Waals surface area (Å²) in [6.07, 6.45) is 7.78. The van der Waals surface area contributed by atoms with Crippen LogP contribution in [0.2, 0.25) is 0 Å². The van der Waals surface area contributed by atoms with Crippen LogP contribution in [0.4, 0.5) is 0 Å². The molecule has 0 bridgehead atoms. The molecule has 2 aliphatic rings. The van der Waals surface area contributed by atoms with Crippen molar-refractivity contribution in [1.29, 1.82) is 0 Å². The standard InChI is InChI=1S/C13H22N4O/c1-2-7-17-8-3-6-16(10-12(17)4-1)9-5-13-14-11-18-15-13/h11-12H,1-10H2. The second-order valence-corrected chi connectivity index (χ2v) is 5.44. The van der Waals surface area contributed by atoms with Crippen LogP contribution in [0.15, 0.2) is 10.9 Å². The van der Waals surface area contributed by atoms with Crippen LogP contribution in [0.1, 0.15) is 31.5 Å². The zero-order valence-corrected chi connectivity index (χ0v) is 10.9. The SMILES string of the molecule is c1nc(CCN2CCCN3CCCCC3C2)no1. The van der Waals surface area contributed by atoms with E-state index in [-0.39, 0.29) is 0 Å². The summed E-state index contributed by atoms with van der Waals surface area (Å²) >= 11 is 0. The van der Waals surface area contributed by atoms with Crippen LogP contribution in [0, 0.1) is 0 Å². The molecule has 0 spiro atoms. The Morgan fingerprint density at radius 3 is 3.06 bits per heavy atom. The van der Waals surface area contributed by atoms with E-state index < -0.39 is 0 Å². The molecule has 1 aromatic heterocycles. The molecule has 1 atom stereocenters. The molecule has 18 heavy (non-hydrogen) atoms. The molecule has 0 radical (unpaired) electrons. The van der Waals surface area contributed by atoms with Gasteiger partial charge in [0.15, 0.2) is 5.82 Å². The first-order valence-electron chi connectivity index (χ1n) is 7.13. The summed E-state index contributed by atoms with van der Waals surface area (Å²) in [6, 6.07) is 0.784. The van der Waals surface area contributed by atoms with Gasteiger partial charge in [-0.25, -0.2) is 0 Å². The van der Waals surface area contributed by atoms with Gasteiger partial charge in [-0.05, 0) is 38.9 Å². The molecule has 2 fully saturated rings. The van der Waals surface area contributed by atoms with E-state index in [1.54, 1.807) is 0 Å². The molecule has 0 saturated carbocycles. The van der Waals surface area contributed by atoms with Gasteiger partial charge in [0, 0.05) is 25.6 Å². The van der Waals surface area contributed by atoms with Crippen LogP contribution in [-0.2, 0) is 6.42 Å². The quantitative estimate of drug-likeness (QED) is 0.806. The van der Waals surface area contributed by atoms with Crippen LogP contribution in [0.5, 0.6) is 0 Å². The van der Waals surface area contributed by atoms with Gasteiger partial charge in [0.2, 0.25) is 6.39 Å². The first-order valence-corrected chi connectivity index (χ1v) is 7.13. The predicted molar refractivity (Wildman–Crippen MR) is 68.3 cm³/mol. The molecular weight excluding hydrogens is 228 g/mol. The van der Waals surface area contributed by atoms with E-state index in [1.807, 2.05) is 0 Å². The minimum atomic E-state index is 0.784. The number of aromatic nitrogens is 2. The van der Waals surface area contributed by atoms with Crippen molar-refractivity contribution in [1.82, 2.24) is 19.9 Å². The van der Waals surface area contributed by atoms with Gasteiger partial charge in [-0.2, -0.15) is 4.98 Å². The molecule has 1 unspecified atom stereocenters. The summed E-state index contributed by atoms with van der Waals surface area (Å²) in [4.78, 5) is 9.36. The van der Waals surface area contributed by atoms with E-state index in [4.69, 9.17) is 4.52 Å². The first-order chi connectivity index (χ1) is 8.92. The molecule has 0 aliphatic carbocycles. The Balaban J connectivity index is 1.53. The third kappa shape index (κ3) is 2.90. The van der Waals surface area contributed by atoms with Gasteiger partial charge in [0.25, 0.3) is 0 Å². The number of hydrogen-bond donors (Lipinski definition) is 0. The fourth-order valence-corrected chi connectivity index (χ4v) is 3.21. The molecule has 1 aromatic rings. The molecule has 0 N–H and O–H groups in total. The smallest absolute Gasteiger partial charge is 0.213 e. The maximum Gasteiger partial charge on any atom is 0.213 e. The van der Waals surface area contributed by atoms with Gasteiger partial charge in [-0.3, -0.25) is 4.90 Å². The third-order valence-electron chi connectivity index (χ3n) is 4.20. The molecule has 2 saturated heterocycles. The highest BCUT2D eigenvalue weighted by molar-refractivity contribution is 4.85. The minimum absolute atomic E-state index is 0.784. The van der Waals surface area contributed by atoms with Gasteiger partial charge < -0.3 is 9.42 Å². The minimum Gasteiger partial charge on any atom is -0.343 e. The molecule has 5 nitrogen and oxygen atoms in total. The lowest BCUT2D eigenvalue weighted by molar-refractivity contribution is 0.137. The Kier molecular flexibility index (Phi) is 3.90. The van der Waals surface area contributed by atoms with Crippen LogP contribution in [-0.4, -0.2) is 58.7 Å². The molecule has 0 amide bonds. The lowest BCUT2D eigenvalue weighted by Gasteiger charge is -2.35. The Hall–Kier alpha value is -0.940. The van der Waals surface area contributed by atoms with Gasteiger partial charge >= 0.3 is 0 Å². The molecule has 3 heterocycles. The zero-order valence-electron chi connectivity index (χ0n) is 10.9. The Labute approximate surface area is 108 Å². The normalized spacial score (nSPS) is 26.8. The second-order valence-electron chi connectivity index (χ2n) is 5.44. The van der Waals surface area contributed by atoms with Crippen molar-refractivity contribution in [2.75, 3.05) is 32.7 Å².